The predicted molar refractivity (Wildman–Crippen MR) is 103 cm³/mol. The largest absolute Gasteiger partial charge is 0.382 e. The van der Waals surface area contributed by atoms with Crippen molar-refractivity contribution in [3.63, 3.8) is 0 Å². The van der Waals surface area contributed by atoms with Crippen molar-refractivity contribution in [3.05, 3.63) is 59.2 Å². The van der Waals surface area contributed by atoms with E-state index in [1.807, 2.05) is 0 Å². The Morgan fingerprint density at radius 3 is 2.42 bits per heavy atom. The van der Waals surface area contributed by atoms with Crippen LogP contribution in [0.4, 0.5) is 5.69 Å². The van der Waals surface area contributed by atoms with E-state index in [0.717, 1.165) is 11.8 Å². The van der Waals surface area contributed by atoms with Crippen LogP contribution in [0.25, 0.3) is 0 Å². The smallest absolute Gasteiger partial charge is 0.0411 e. The molecule has 6 unspecified atom stereocenters. The van der Waals surface area contributed by atoms with E-state index in [2.05, 4.69) is 80.3 Å². The Labute approximate surface area is 149 Å². The van der Waals surface area contributed by atoms with Gasteiger partial charge in [0.2, 0.25) is 0 Å². The molecule has 2 heterocycles. The molecule has 6 atom stereocenters. The zero-order chi connectivity index (χ0) is 16.4. The quantitative estimate of drug-likeness (QED) is 0.720. The highest BCUT2D eigenvalue weighted by Gasteiger charge is 2.52. The van der Waals surface area contributed by atoms with Gasteiger partial charge in [0.25, 0.3) is 0 Å². The van der Waals surface area contributed by atoms with Gasteiger partial charge in [0.05, 0.1) is 0 Å². The third-order valence-electron chi connectivity index (χ3n) is 6.67. The van der Waals surface area contributed by atoms with Gasteiger partial charge in [-0.3, -0.25) is 0 Å². The molecule has 0 aromatic heterocycles. The minimum Gasteiger partial charge on any atom is -0.382 e. The zero-order valence-corrected chi connectivity index (χ0v) is 15.4. The molecule has 3 aliphatic rings. The first-order chi connectivity index (χ1) is 11.6. The third-order valence-corrected chi connectivity index (χ3v) is 8.15. The fraction of sp³-hybridized carbons (Fsp3) is 0.455. The van der Waals surface area contributed by atoms with Crippen LogP contribution in [0.3, 0.4) is 0 Å². The van der Waals surface area contributed by atoms with E-state index in [9.17, 15) is 0 Å². The SMILES string of the molecule is CC1Cc2cccc(C3C(C)C(C)C4c5ccccc5SC43)c2N1. The van der Waals surface area contributed by atoms with Crippen LogP contribution < -0.4 is 5.32 Å². The van der Waals surface area contributed by atoms with Crippen LogP contribution in [0.2, 0.25) is 0 Å². The first-order valence-corrected chi connectivity index (χ1v) is 10.2. The van der Waals surface area contributed by atoms with Gasteiger partial charge in [-0.15, -0.1) is 11.8 Å². The molecule has 1 aliphatic carbocycles. The van der Waals surface area contributed by atoms with Crippen LogP contribution in [-0.2, 0) is 6.42 Å². The number of hydrogen-bond acceptors (Lipinski definition) is 2. The Kier molecular flexibility index (Phi) is 3.28. The van der Waals surface area contributed by atoms with Crippen molar-refractivity contribution in [2.75, 3.05) is 5.32 Å². The van der Waals surface area contributed by atoms with Crippen molar-refractivity contribution in [2.24, 2.45) is 11.8 Å². The monoisotopic (exact) mass is 335 g/mol. The number of benzene rings is 2. The fourth-order valence-electron chi connectivity index (χ4n) is 5.42. The molecule has 0 spiro atoms. The third kappa shape index (κ3) is 1.95. The molecule has 0 bridgehead atoms. The number of rotatable bonds is 1. The van der Waals surface area contributed by atoms with E-state index in [1.54, 1.807) is 11.1 Å². The van der Waals surface area contributed by atoms with Crippen LogP contribution in [-0.4, -0.2) is 11.3 Å². The summed E-state index contributed by atoms with van der Waals surface area (Å²) >= 11 is 2.14. The Morgan fingerprint density at radius 1 is 0.875 bits per heavy atom. The number of para-hydroxylation sites is 1. The Morgan fingerprint density at radius 2 is 1.58 bits per heavy atom. The van der Waals surface area contributed by atoms with Crippen LogP contribution >= 0.6 is 11.8 Å². The van der Waals surface area contributed by atoms with Gasteiger partial charge in [-0.2, -0.15) is 0 Å². The highest BCUT2D eigenvalue weighted by molar-refractivity contribution is 8.00. The summed E-state index contributed by atoms with van der Waals surface area (Å²) in [5.41, 5.74) is 6.14. The van der Waals surface area contributed by atoms with E-state index < -0.39 is 0 Å². The lowest BCUT2D eigenvalue weighted by Crippen LogP contribution is -2.16. The van der Waals surface area contributed by atoms with E-state index in [1.165, 1.54) is 22.6 Å². The van der Waals surface area contributed by atoms with Crippen LogP contribution in [0, 0.1) is 11.8 Å². The molecule has 0 amide bonds. The fourth-order valence-corrected chi connectivity index (χ4v) is 7.30. The molecule has 5 rings (SSSR count). The van der Waals surface area contributed by atoms with Crippen molar-refractivity contribution >= 4 is 17.4 Å². The first-order valence-electron chi connectivity index (χ1n) is 9.29. The Bertz CT molecular complexity index is 798. The molecule has 2 aromatic carbocycles. The summed E-state index contributed by atoms with van der Waals surface area (Å²) in [4.78, 5) is 1.52. The summed E-state index contributed by atoms with van der Waals surface area (Å²) in [5.74, 6) is 2.83. The molecule has 1 saturated carbocycles. The molecule has 1 nitrogen and oxygen atoms in total. The Balaban J connectivity index is 1.60. The molecule has 2 aliphatic heterocycles. The molecule has 24 heavy (non-hydrogen) atoms. The van der Waals surface area contributed by atoms with Gasteiger partial charge >= 0.3 is 0 Å². The molecular formula is C22H25NS. The van der Waals surface area contributed by atoms with Gasteiger partial charge in [0, 0.05) is 33.7 Å². The number of fused-ring (bicyclic) bond motifs is 4. The number of anilines is 1. The zero-order valence-electron chi connectivity index (χ0n) is 14.6. The molecule has 0 saturated heterocycles. The van der Waals surface area contributed by atoms with Gasteiger partial charge in [0.1, 0.15) is 0 Å². The van der Waals surface area contributed by atoms with E-state index >= 15 is 0 Å². The van der Waals surface area contributed by atoms with Gasteiger partial charge in [-0.25, -0.2) is 0 Å². The Hall–Kier alpha value is -1.41. The second-order valence-electron chi connectivity index (χ2n) is 8.02. The molecule has 2 heteroatoms. The normalized spacial score (nSPS) is 36.1. The van der Waals surface area contributed by atoms with Gasteiger partial charge in [-0.1, -0.05) is 50.2 Å². The van der Waals surface area contributed by atoms with E-state index in [4.69, 9.17) is 0 Å². The maximum absolute atomic E-state index is 3.77. The van der Waals surface area contributed by atoms with E-state index in [-0.39, 0.29) is 0 Å². The molecule has 124 valence electrons. The van der Waals surface area contributed by atoms with Crippen LogP contribution in [0.15, 0.2) is 47.4 Å². The standard InChI is InChI=1S/C22H25NS/c1-12-11-15-7-6-9-17(21(15)23-12)20-14(3)13(2)19-16-8-4-5-10-18(16)24-22(19)20/h4-10,12-14,19-20,22-23H,11H2,1-3H3. The highest BCUT2D eigenvalue weighted by Crippen LogP contribution is 2.63. The molecule has 0 radical (unpaired) electrons. The molecule has 1 N–H and O–H groups in total. The van der Waals surface area contributed by atoms with Crippen LogP contribution in [0.5, 0.6) is 0 Å². The van der Waals surface area contributed by atoms with Crippen molar-refractivity contribution < 1.29 is 0 Å². The lowest BCUT2D eigenvalue weighted by molar-refractivity contribution is 0.401. The number of thioether (sulfide) groups is 1. The lowest BCUT2D eigenvalue weighted by Gasteiger charge is -2.25. The highest BCUT2D eigenvalue weighted by atomic mass is 32.2. The maximum Gasteiger partial charge on any atom is 0.0411 e. The predicted octanol–water partition coefficient (Wildman–Crippen LogP) is 5.67. The second-order valence-corrected chi connectivity index (χ2v) is 9.24. The molecule has 2 aromatic rings. The van der Waals surface area contributed by atoms with E-state index in [0.29, 0.717) is 23.1 Å². The number of hydrogen-bond donors (Lipinski definition) is 1. The van der Waals surface area contributed by atoms with Gasteiger partial charge in [0.15, 0.2) is 0 Å². The van der Waals surface area contributed by atoms with Crippen molar-refractivity contribution in [2.45, 2.75) is 55.2 Å². The first kappa shape index (κ1) is 14.9. The van der Waals surface area contributed by atoms with Crippen molar-refractivity contribution in [1.82, 2.24) is 0 Å². The summed E-state index contributed by atoms with van der Waals surface area (Å²) in [5, 5.41) is 4.46. The summed E-state index contributed by atoms with van der Waals surface area (Å²) in [6, 6.07) is 16.7. The van der Waals surface area contributed by atoms with Gasteiger partial charge < -0.3 is 5.32 Å². The second kappa shape index (κ2) is 5.29. The summed E-state index contributed by atoms with van der Waals surface area (Å²) in [7, 11) is 0. The summed E-state index contributed by atoms with van der Waals surface area (Å²) < 4.78 is 0. The van der Waals surface area contributed by atoms with Crippen LogP contribution in [0.1, 0.15) is 49.3 Å². The average Bonchev–Trinajstić information content (AvgIpc) is 3.20. The van der Waals surface area contributed by atoms with Gasteiger partial charge in [-0.05, 0) is 47.9 Å². The summed E-state index contributed by atoms with van der Waals surface area (Å²) in [6.07, 6.45) is 1.17. The minimum absolute atomic E-state index is 0.569. The lowest BCUT2D eigenvalue weighted by atomic mass is 9.84. The number of nitrogens with one attached hydrogen (secondary N) is 1. The molecule has 1 fully saturated rings. The van der Waals surface area contributed by atoms with Crippen molar-refractivity contribution in [1.29, 1.82) is 0 Å². The summed E-state index contributed by atoms with van der Waals surface area (Å²) in [6.45, 7) is 7.26. The average molecular weight is 336 g/mol. The maximum atomic E-state index is 3.77. The molecular weight excluding hydrogens is 310 g/mol. The van der Waals surface area contributed by atoms with Crippen molar-refractivity contribution in [3.8, 4) is 0 Å². The minimum atomic E-state index is 0.569. The topological polar surface area (TPSA) is 12.0 Å².